The maximum atomic E-state index is 12.5. The first-order chi connectivity index (χ1) is 12.0. The van der Waals surface area contributed by atoms with Crippen molar-refractivity contribution in [2.45, 2.75) is 43.2 Å². The molecule has 132 valence electrons. The topological polar surface area (TPSA) is 75.3 Å². The van der Waals surface area contributed by atoms with Crippen LogP contribution in [0.15, 0.2) is 59.5 Å². The van der Waals surface area contributed by atoms with Crippen LogP contribution in [-0.4, -0.2) is 20.4 Å². The Labute approximate surface area is 148 Å². The molecular formula is C19H22N2O3S. The van der Waals surface area contributed by atoms with Crippen LogP contribution in [0.3, 0.4) is 0 Å². The van der Waals surface area contributed by atoms with E-state index < -0.39 is 10.0 Å². The third kappa shape index (κ3) is 4.27. The Morgan fingerprint density at radius 2 is 1.68 bits per heavy atom. The second kappa shape index (κ2) is 7.37. The van der Waals surface area contributed by atoms with Crippen molar-refractivity contribution in [1.82, 2.24) is 10.0 Å². The number of hydrogen-bond acceptors (Lipinski definition) is 3. The highest BCUT2D eigenvalue weighted by Gasteiger charge is 2.21. The summed E-state index contributed by atoms with van der Waals surface area (Å²) in [5.74, 6) is -0.153. The van der Waals surface area contributed by atoms with E-state index in [9.17, 15) is 13.2 Å². The summed E-state index contributed by atoms with van der Waals surface area (Å²) in [6.07, 6.45) is 3.17. The summed E-state index contributed by atoms with van der Waals surface area (Å²) in [5, 5.41) is 2.94. The molecule has 0 aliphatic heterocycles. The second-order valence-electron chi connectivity index (χ2n) is 6.38. The molecule has 0 saturated heterocycles. The summed E-state index contributed by atoms with van der Waals surface area (Å²) >= 11 is 0. The third-order valence-corrected chi connectivity index (χ3v) is 6.06. The molecule has 2 N–H and O–H groups in total. The first kappa shape index (κ1) is 17.6. The van der Waals surface area contributed by atoms with Crippen molar-refractivity contribution in [3.8, 4) is 0 Å². The van der Waals surface area contributed by atoms with Gasteiger partial charge in [0.1, 0.15) is 0 Å². The van der Waals surface area contributed by atoms with E-state index in [0.29, 0.717) is 5.56 Å². The molecule has 0 heterocycles. The average molecular weight is 358 g/mol. The zero-order chi connectivity index (χ0) is 17.9. The minimum absolute atomic E-state index is 0.149. The molecule has 0 radical (unpaired) electrons. The van der Waals surface area contributed by atoms with Gasteiger partial charge in [0.25, 0.3) is 5.91 Å². The molecular weight excluding hydrogens is 336 g/mol. The van der Waals surface area contributed by atoms with Crippen LogP contribution in [0.4, 0.5) is 0 Å². The maximum Gasteiger partial charge on any atom is 0.251 e. The molecule has 0 spiro atoms. The van der Waals surface area contributed by atoms with Crippen molar-refractivity contribution in [1.29, 1.82) is 0 Å². The molecule has 0 aromatic heterocycles. The average Bonchev–Trinajstić information content (AvgIpc) is 2.58. The van der Waals surface area contributed by atoms with E-state index in [1.165, 1.54) is 12.1 Å². The molecule has 0 bridgehead atoms. The van der Waals surface area contributed by atoms with Gasteiger partial charge in [-0.1, -0.05) is 30.3 Å². The van der Waals surface area contributed by atoms with Crippen LogP contribution in [-0.2, 0) is 10.0 Å². The molecule has 2 aromatic rings. The van der Waals surface area contributed by atoms with Gasteiger partial charge in [0, 0.05) is 17.6 Å². The van der Waals surface area contributed by atoms with E-state index in [1.807, 2.05) is 30.3 Å². The smallest absolute Gasteiger partial charge is 0.251 e. The van der Waals surface area contributed by atoms with E-state index in [-0.39, 0.29) is 22.9 Å². The molecule has 5 nitrogen and oxygen atoms in total. The fourth-order valence-corrected chi connectivity index (χ4v) is 3.95. The SMILES string of the molecule is C[C@@H](NS(=O)(=O)c1ccc(C(=O)NC2CCC2)cc1)c1ccccc1. The van der Waals surface area contributed by atoms with Gasteiger partial charge in [-0.15, -0.1) is 0 Å². The lowest BCUT2D eigenvalue weighted by molar-refractivity contribution is 0.0917. The van der Waals surface area contributed by atoms with Crippen LogP contribution in [0, 0.1) is 0 Å². The minimum Gasteiger partial charge on any atom is -0.349 e. The zero-order valence-corrected chi connectivity index (χ0v) is 14.9. The monoisotopic (exact) mass is 358 g/mol. The predicted molar refractivity (Wildman–Crippen MR) is 96.7 cm³/mol. The zero-order valence-electron chi connectivity index (χ0n) is 14.1. The number of nitrogens with one attached hydrogen (secondary N) is 2. The Kier molecular flexibility index (Phi) is 5.20. The fraction of sp³-hybridized carbons (Fsp3) is 0.316. The maximum absolute atomic E-state index is 12.5. The molecule has 3 rings (SSSR count). The number of hydrogen-bond donors (Lipinski definition) is 2. The number of carbonyl (C=O) groups is 1. The quantitative estimate of drug-likeness (QED) is 0.833. The first-order valence-electron chi connectivity index (χ1n) is 8.44. The van der Waals surface area contributed by atoms with E-state index >= 15 is 0 Å². The highest BCUT2D eigenvalue weighted by Crippen LogP contribution is 2.20. The van der Waals surface area contributed by atoms with Gasteiger partial charge in [-0.05, 0) is 56.0 Å². The molecule has 1 aliphatic carbocycles. The Bertz CT molecular complexity index is 829. The van der Waals surface area contributed by atoms with Crippen LogP contribution in [0.25, 0.3) is 0 Å². The van der Waals surface area contributed by atoms with Crippen molar-refractivity contribution < 1.29 is 13.2 Å². The Hall–Kier alpha value is -2.18. The molecule has 1 amide bonds. The number of sulfonamides is 1. The molecule has 1 saturated carbocycles. The number of rotatable bonds is 6. The summed E-state index contributed by atoms with van der Waals surface area (Å²) in [6.45, 7) is 1.80. The van der Waals surface area contributed by atoms with Crippen molar-refractivity contribution in [3.63, 3.8) is 0 Å². The highest BCUT2D eigenvalue weighted by atomic mass is 32.2. The summed E-state index contributed by atoms with van der Waals surface area (Å²) in [4.78, 5) is 12.2. The van der Waals surface area contributed by atoms with E-state index in [2.05, 4.69) is 10.0 Å². The van der Waals surface area contributed by atoms with Crippen LogP contribution >= 0.6 is 0 Å². The third-order valence-electron chi connectivity index (χ3n) is 4.50. The Morgan fingerprint density at radius 3 is 2.24 bits per heavy atom. The van der Waals surface area contributed by atoms with Gasteiger partial charge in [-0.3, -0.25) is 4.79 Å². The number of amides is 1. The van der Waals surface area contributed by atoms with Crippen molar-refractivity contribution in [2.75, 3.05) is 0 Å². The van der Waals surface area contributed by atoms with Gasteiger partial charge in [0.2, 0.25) is 10.0 Å². The van der Waals surface area contributed by atoms with E-state index in [0.717, 1.165) is 24.8 Å². The van der Waals surface area contributed by atoms with Gasteiger partial charge in [-0.2, -0.15) is 0 Å². The molecule has 25 heavy (non-hydrogen) atoms. The lowest BCUT2D eigenvalue weighted by atomic mass is 9.93. The fourth-order valence-electron chi connectivity index (χ4n) is 2.72. The van der Waals surface area contributed by atoms with Gasteiger partial charge < -0.3 is 5.32 Å². The largest absolute Gasteiger partial charge is 0.349 e. The van der Waals surface area contributed by atoms with Gasteiger partial charge in [-0.25, -0.2) is 13.1 Å². The molecule has 2 aromatic carbocycles. The number of carbonyl (C=O) groups excluding carboxylic acids is 1. The van der Waals surface area contributed by atoms with E-state index in [4.69, 9.17) is 0 Å². The second-order valence-corrected chi connectivity index (χ2v) is 8.09. The summed E-state index contributed by atoms with van der Waals surface area (Å²) in [7, 11) is -3.65. The first-order valence-corrected chi connectivity index (χ1v) is 9.92. The summed E-state index contributed by atoms with van der Waals surface area (Å²) < 4.78 is 27.7. The van der Waals surface area contributed by atoms with Crippen molar-refractivity contribution in [2.24, 2.45) is 0 Å². The molecule has 1 aliphatic rings. The highest BCUT2D eigenvalue weighted by molar-refractivity contribution is 7.89. The van der Waals surface area contributed by atoms with Crippen LogP contribution in [0.5, 0.6) is 0 Å². The number of benzene rings is 2. The van der Waals surface area contributed by atoms with Gasteiger partial charge >= 0.3 is 0 Å². The van der Waals surface area contributed by atoms with Crippen LogP contribution < -0.4 is 10.0 Å². The minimum atomic E-state index is -3.65. The lowest BCUT2D eigenvalue weighted by Crippen LogP contribution is -2.39. The van der Waals surface area contributed by atoms with Gasteiger partial charge in [0.15, 0.2) is 0 Å². The molecule has 1 atom stereocenters. The summed E-state index contributed by atoms with van der Waals surface area (Å²) in [6, 6.07) is 15.3. The Morgan fingerprint density at radius 1 is 1.04 bits per heavy atom. The normalized spacial score (nSPS) is 16.0. The van der Waals surface area contributed by atoms with Crippen molar-refractivity contribution >= 4 is 15.9 Å². The van der Waals surface area contributed by atoms with Crippen LogP contribution in [0.1, 0.15) is 48.1 Å². The van der Waals surface area contributed by atoms with Crippen LogP contribution in [0.2, 0.25) is 0 Å². The molecule has 6 heteroatoms. The van der Waals surface area contributed by atoms with E-state index in [1.54, 1.807) is 19.1 Å². The Balaban J connectivity index is 1.68. The molecule has 1 fully saturated rings. The molecule has 0 unspecified atom stereocenters. The summed E-state index contributed by atoms with van der Waals surface area (Å²) in [5.41, 5.74) is 1.37. The predicted octanol–water partition coefficient (Wildman–Crippen LogP) is 3.01. The van der Waals surface area contributed by atoms with Gasteiger partial charge in [0.05, 0.1) is 4.90 Å². The lowest BCUT2D eigenvalue weighted by Gasteiger charge is -2.26. The standard InChI is InChI=1S/C19H22N2O3S/c1-14(15-6-3-2-4-7-15)21-25(23,24)18-12-10-16(11-13-18)19(22)20-17-8-5-9-17/h2-4,6-7,10-14,17,21H,5,8-9H2,1H3,(H,20,22)/t14-/m1/s1. The van der Waals surface area contributed by atoms with Crippen molar-refractivity contribution in [3.05, 3.63) is 65.7 Å².